The number of benzene rings is 2. The van der Waals surface area contributed by atoms with Gasteiger partial charge in [0.05, 0.1) is 35.7 Å². The van der Waals surface area contributed by atoms with E-state index in [1.54, 1.807) is 24.3 Å². The molecule has 7 nitrogen and oxygen atoms in total. The van der Waals surface area contributed by atoms with Crippen molar-refractivity contribution in [2.75, 3.05) is 12.9 Å². The van der Waals surface area contributed by atoms with Crippen LogP contribution in [-0.2, 0) is 9.53 Å². The van der Waals surface area contributed by atoms with Crippen LogP contribution in [-0.4, -0.2) is 40.9 Å². The number of fused-ring (bicyclic) bond motifs is 1. The summed E-state index contributed by atoms with van der Waals surface area (Å²) in [4.78, 5) is 30.7. The number of carbonyl (C=O) groups is 2. The SMILES string of the molecule is COC(=O)c1ccc(/C=N\NC(=O)CSc2nc3ccccc3[nH]2)cc1. The summed E-state index contributed by atoms with van der Waals surface area (Å²) in [7, 11) is 1.33. The number of hydrogen-bond acceptors (Lipinski definition) is 6. The maximum Gasteiger partial charge on any atom is 0.337 e. The lowest BCUT2D eigenvalue weighted by Crippen LogP contribution is -2.19. The highest BCUT2D eigenvalue weighted by molar-refractivity contribution is 7.99. The summed E-state index contributed by atoms with van der Waals surface area (Å²) < 4.78 is 4.63. The zero-order chi connectivity index (χ0) is 18.4. The molecule has 0 aliphatic heterocycles. The normalized spacial score (nSPS) is 11.0. The summed E-state index contributed by atoms with van der Waals surface area (Å²) in [6.07, 6.45) is 1.50. The number of aromatic nitrogens is 2. The molecular formula is C18H16N4O3S. The van der Waals surface area contributed by atoms with Crippen molar-refractivity contribution in [2.45, 2.75) is 5.16 Å². The summed E-state index contributed by atoms with van der Waals surface area (Å²) in [5.41, 5.74) is 5.47. The van der Waals surface area contributed by atoms with E-state index in [1.807, 2.05) is 24.3 Å². The number of imidazole rings is 1. The minimum Gasteiger partial charge on any atom is -0.465 e. The summed E-state index contributed by atoms with van der Waals surface area (Å²) >= 11 is 1.30. The molecule has 3 aromatic rings. The van der Waals surface area contributed by atoms with Crippen molar-refractivity contribution in [2.24, 2.45) is 5.10 Å². The number of nitrogens with one attached hydrogen (secondary N) is 2. The van der Waals surface area contributed by atoms with Crippen LogP contribution in [0.5, 0.6) is 0 Å². The van der Waals surface area contributed by atoms with Gasteiger partial charge >= 0.3 is 5.97 Å². The number of thioether (sulfide) groups is 1. The predicted octanol–water partition coefficient (Wildman–Crippen LogP) is 2.59. The van der Waals surface area contributed by atoms with Crippen LogP contribution in [0.15, 0.2) is 58.8 Å². The third-order valence-electron chi connectivity index (χ3n) is 3.44. The monoisotopic (exact) mass is 368 g/mol. The Morgan fingerprint density at radius 1 is 1.23 bits per heavy atom. The van der Waals surface area contributed by atoms with Crippen LogP contribution in [0, 0.1) is 0 Å². The number of amides is 1. The van der Waals surface area contributed by atoms with Crippen LogP contribution < -0.4 is 5.43 Å². The lowest BCUT2D eigenvalue weighted by Gasteiger charge is -2.00. The van der Waals surface area contributed by atoms with Gasteiger partial charge in [-0.25, -0.2) is 15.2 Å². The van der Waals surface area contributed by atoms with Crippen molar-refractivity contribution in [1.82, 2.24) is 15.4 Å². The quantitative estimate of drug-likeness (QED) is 0.302. The summed E-state index contributed by atoms with van der Waals surface area (Å²) in [5.74, 6) is -0.444. The maximum absolute atomic E-state index is 11.9. The molecule has 0 aliphatic carbocycles. The molecule has 0 saturated heterocycles. The van der Waals surface area contributed by atoms with E-state index >= 15 is 0 Å². The van der Waals surface area contributed by atoms with Crippen LogP contribution in [0.2, 0.25) is 0 Å². The van der Waals surface area contributed by atoms with E-state index in [0.717, 1.165) is 16.6 Å². The summed E-state index contributed by atoms with van der Waals surface area (Å²) in [6.45, 7) is 0. The molecule has 26 heavy (non-hydrogen) atoms. The summed E-state index contributed by atoms with van der Waals surface area (Å²) in [5, 5.41) is 4.59. The van der Waals surface area contributed by atoms with Crippen LogP contribution in [0.25, 0.3) is 11.0 Å². The average Bonchev–Trinajstić information content (AvgIpc) is 3.09. The molecule has 0 unspecified atom stereocenters. The first-order valence-electron chi connectivity index (χ1n) is 7.73. The number of aromatic amines is 1. The van der Waals surface area contributed by atoms with E-state index in [4.69, 9.17) is 0 Å². The van der Waals surface area contributed by atoms with E-state index in [1.165, 1.54) is 25.1 Å². The zero-order valence-corrected chi connectivity index (χ0v) is 14.7. The first-order chi connectivity index (χ1) is 12.7. The van der Waals surface area contributed by atoms with E-state index < -0.39 is 5.97 Å². The van der Waals surface area contributed by atoms with Crippen molar-refractivity contribution in [3.05, 3.63) is 59.7 Å². The first kappa shape index (κ1) is 17.7. The van der Waals surface area contributed by atoms with Crippen molar-refractivity contribution < 1.29 is 14.3 Å². The molecule has 132 valence electrons. The molecule has 8 heteroatoms. The number of carbonyl (C=O) groups excluding carboxylic acids is 2. The molecule has 0 fully saturated rings. The average molecular weight is 368 g/mol. The van der Waals surface area contributed by atoms with Crippen molar-refractivity contribution in [1.29, 1.82) is 0 Å². The Kier molecular flexibility index (Phi) is 5.65. The van der Waals surface area contributed by atoms with Crippen molar-refractivity contribution >= 4 is 40.9 Å². The molecule has 1 aromatic heterocycles. The molecule has 0 aliphatic rings. The van der Waals surface area contributed by atoms with Gasteiger partial charge in [-0.3, -0.25) is 4.79 Å². The van der Waals surface area contributed by atoms with Crippen LogP contribution in [0.4, 0.5) is 0 Å². The highest BCUT2D eigenvalue weighted by Crippen LogP contribution is 2.18. The number of hydrazone groups is 1. The number of esters is 1. The lowest BCUT2D eigenvalue weighted by molar-refractivity contribution is -0.118. The van der Waals surface area contributed by atoms with Gasteiger partial charge in [-0.1, -0.05) is 36.0 Å². The number of H-pyrrole nitrogens is 1. The lowest BCUT2D eigenvalue weighted by atomic mass is 10.1. The fourth-order valence-electron chi connectivity index (χ4n) is 2.17. The van der Waals surface area contributed by atoms with Crippen molar-refractivity contribution in [3.63, 3.8) is 0 Å². The van der Waals surface area contributed by atoms with Gasteiger partial charge in [-0.15, -0.1) is 0 Å². The largest absolute Gasteiger partial charge is 0.465 e. The molecule has 0 saturated carbocycles. The smallest absolute Gasteiger partial charge is 0.337 e. The maximum atomic E-state index is 11.9. The molecule has 1 heterocycles. The topological polar surface area (TPSA) is 96.4 Å². The number of ether oxygens (including phenoxy) is 1. The number of hydrogen-bond donors (Lipinski definition) is 2. The Bertz CT molecular complexity index is 917. The van der Waals surface area contributed by atoms with Crippen LogP contribution in [0.1, 0.15) is 15.9 Å². The highest BCUT2D eigenvalue weighted by Gasteiger charge is 2.06. The molecule has 0 bridgehead atoms. The summed E-state index contributed by atoms with van der Waals surface area (Å²) in [6, 6.07) is 14.4. The zero-order valence-electron chi connectivity index (χ0n) is 13.9. The molecule has 0 spiro atoms. The van der Waals surface area contributed by atoms with E-state index in [-0.39, 0.29) is 11.7 Å². The Morgan fingerprint density at radius 2 is 2.00 bits per heavy atom. The van der Waals surface area contributed by atoms with Gasteiger partial charge in [0.1, 0.15) is 0 Å². The second-order valence-corrected chi connectivity index (χ2v) is 6.22. The minimum absolute atomic E-state index is 0.193. The Hall–Kier alpha value is -3.13. The highest BCUT2D eigenvalue weighted by atomic mass is 32.2. The van der Waals surface area contributed by atoms with Crippen LogP contribution >= 0.6 is 11.8 Å². The molecule has 0 atom stereocenters. The Morgan fingerprint density at radius 3 is 2.73 bits per heavy atom. The van der Waals surface area contributed by atoms with Crippen molar-refractivity contribution in [3.8, 4) is 0 Å². The number of para-hydroxylation sites is 2. The van der Waals surface area contributed by atoms with Gasteiger partial charge < -0.3 is 9.72 Å². The van der Waals surface area contributed by atoms with Gasteiger partial charge in [0.2, 0.25) is 0 Å². The van der Waals surface area contributed by atoms with Gasteiger partial charge in [-0.2, -0.15) is 5.10 Å². The van der Waals surface area contributed by atoms with E-state index in [0.29, 0.717) is 10.7 Å². The standard InChI is InChI=1S/C18H16N4O3S/c1-25-17(24)13-8-6-12(7-9-13)10-19-22-16(23)11-26-18-20-14-4-2-3-5-15(14)21-18/h2-10H,11H2,1H3,(H,20,21)(H,22,23)/b19-10-. The van der Waals surface area contributed by atoms with Gasteiger partial charge in [0.25, 0.3) is 5.91 Å². The van der Waals surface area contributed by atoms with Gasteiger partial charge in [0, 0.05) is 0 Å². The van der Waals surface area contributed by atoms with Gasteiger partial charge in [0.15, 0.2) is 5.16 Å². The Labute approximate surface area is 153 Å². The minimum atomic E-state index is -0.399. The fraction of sp³-hybridized carbons (Fsp3) is 0.111. The second kappa shape index (κ2) is 8.30. The second-order valence-electron chi connectivity index (χ2n) is 5.25. The molecular weight excluding hydrogens is 352 g/mol. The molecule has 0 radical (unpaired) electrons. The molecule has 2 N–H and O–H groups in total. The van der Waals surface area contributed by atoms with E-state index in [9.17, 15) is 9.59 Å². The van der Waals surface area contributed by atoms with Crippen LogP contribution in [0.3, 0.4) is 0 Å². The predicted molar refractivity (Wildman–Crippen MR) is 100 cm³/mol. The third-order valence-corrected chi connectivity index (χ3v) is 4.32. The third kappa shape index (κ3) is 4.48. The molecule has 2 aromatic carbocycles. The Balaban J connectivity index is 1.48. The number of rotatable bonds is 6. The van der Waals surface area contributed by atoms with E-state index in [2.05, 4.69) is 25.2 Å². The fourth-order valence-corrected chi connectivity index (χ4v) is 2.84. The number of methoxy groups -OCH3 is 1. The first-order valence-corrected chi connectivity index (χ1v) is 8.72. The molecule has 1 amide bonds. The number of nitrogens with zero attached hydrogens (tertiary/aromatic N) is 2. The van der Waals surface area contributed by atoms with Gasteiger partial charge in [-0.05, 0) is 29.8 Å². The molecule has 3 rings (SSSR count).